The van der Waals surface area contributed by atoms with Crippen LogP contribution in [0.4, 0.5) is 23.0 Å². The number of aryl methyl sites for hydroxylation is 1. The minimum absolute atomic E-state index is 0.120. The molecule has 1 aliphatic rings. The Hall–Kier alpha value is -3.85. The zero-order valence-corrected chi connectivity index (χ0v) is 18.7. The molecule has 0 aliphatic carbocycles. The van der Waals surface area contributed by atoms with Gasteiger partial charge in [-0.05, 0) is 43.3 Å². The first-order valence-corrected chi connectivity index (χ1v) is 10.7. The minimum atomic E-state index is -0.261. The van der Waals surface area contributed by atoms with Gasteiger partial charge in [0.25, 0.3) is 5.91 Å². The zero-order valence-electron chi connectivity index (χ0n) is 18.7. The summed E-state index contributed by atoms with van der Waals surface area (Å²) in [5.74, 6) is 3.13. The molecule has 0 atom stereocenters. The highest BCUT2D eigenvalue weighted by molar-refractivity contribution is 5.92. The van der Waals surface area contributed by atoms with Crippen molar-refractivity contribution < 1.29 is 19.0 Å². The third kappa shape index (κ3) is 6.11. The van der Waals surface area contributed by atoms with E-state index >= 15 is 0 Å². The molecule has 4 rings (SSSR count). The number of carbonyl (C=O) groups is 1. The number of carbonyl (C=O) groups excluding carboxylic acids is 1. The monoisotopic (exact) mass is 449 g/mol. The third-order valence-electron chi connectivity index (χ3n) is 5.03. The summed E-state index contributed by atoms with van der Waals surface area (Å²) in [6, 6.07) is 16.5. The molecule has 1 fully saturated rings. The Morgan fingerprint density at radius 1 is 1.03 bits per heavy atom. The number of aromatic nitrogens is 2. The van der Waals surface area contributed by atoms with Gasteiger partial charge < -0.3 is 29.7 Å². The third-order valence-corrected chi connectivity index (χ3v) is 5.03. The quantitative estimate of drug-likeness (QED) is 0.540. The highest BCUT2D eigenvalue weighted by atomic mass is 16.5. The molecule has 0 saturated carbocycles. The van der Waals surface area contributed by atoms with Gasteiger partial charge in [0.05, 0.1) is 20.3 Å². The molecular weight excluding hydrogens is 422 g/mol. The highest BCUT2D eigenvalue weighted by Gasteiger charge is 2.14. The lowest BCUT2D eigenvalue weighted by molar-refractivity contribution is -0.118. The van der Waals surface area contributed by atoms with Crippen molar-refractivity contribution in [3.05, 3.63) is 60.4 Å². The number of methoxy groups -OCH3 is 1. The number of hydrogen-bond acceptors (Lipinski definition) is 8. The van der Waals surface area contributed by atoms with E-state index in [1.54, 1.807) is 19.2 Å². The second-order valence-electron chi connectivity index (χ2n) is 7.45. The summed E-state index contributed by atoms with van der Waals surface area (Å²) in [4.78, 5) is 23.5. The molecule has 33 heavy (non-hydrogen) atoms. The van der Waals surface area contributed by atoms with Crippen LogP contribution in [0.5, 0.6) is 11.5 Å². The number of para-hydroxylation sites is 2. The predicted octanol–water partition coefficient (Wildman–Crippen LogP) is 3.39. The Labute approximate surface area is 192 Å². The van der Waals surface area contributed by atoms with Crippen molar-refractivity contribution in [2.45, 2.75) is 6.92 Å². The maximum absolute atomic E-state index is 12.3. The van der Waals surface area contributed by atoms with E-state index in [9.17, 15) is 4.79 Å². The fraction of sp³-hybridized carbons (Fsp3) is 0.292. The Kier molecular flexibility index (Phi) is 7.21. The standard InChI is InChI=1S/C24H27N5O4/c1-17-25-22(15-23(26-17)29-11-13-32-14-12-29)27-18-7-9-19(10-8-18)28-24(30)16-33-21-6-4-3-5-20(21)31-2/h3-10,15H,11-14,16H2,1-2H3,(H,28,30)(H,25,26,27). The van der Waals surface area contributed by atoms with Gasteiger partial charge in [-0.25, -0.2) is 9.97 Å². The van der Waals surface area contributed by atoms with E-state index in [0.29, 0.717) is 42.0 Å². The van der Waals surface area contributed by atoms with Crippen LogP contribution in [0.3, 0.4) is 0 Å². The molecule has 3 aromatic rings. The van der Waals surface area contributed by atoms with Crippen LogP contribution < -0.4 is 25.0 Å². The van der Waals surface area contributed by atoms with Gasteiger partial charge in [0.15, 0.2) is 18.1 Å². The topological polar surface area (TPSA) is 97.8 Å². The van der Waals surface area contributed by atoms with Crippen LogP contribution in [0.25, 0.3) is 0 Å². The SMILES string of the molecule is COc1ccccc1OCC(=O)Nc1ccc(Nc2cc(N3CCOCC3)nc(C)n2)cc1. The van der Waals surface area contributed by atoms with Gasteiger partial charge in [0.2, 0.25) is 0 Å². The number of rotatable bonds is 8. The van der Waals surface area contributed by atoms with Gasteiger partial charge in [-0.1, -0.05) is 12.1 Å². The average molecular weight is 450 g/mol. The molecule has 0 radical (unpaired) electrons. The fourth-order valence-electron chi connectivity index (χ4n) is 3.43. The van der Waals surface area contributed by atoms with Crippen molar-refractivity contribution in [2.75, 3.05) is 55.6 Å². The van der Waals surface area contributed by atoms with Gasteiger partial charge >= 0.3 is 0 Å². The van der Waals surface area contributed by atoms with Crippen LogP contribution >= 0.6 is 0 Å². The number of amides is 1. The second-order valence-corrected chi connectivity index (χ2v) is 7.45. The summed E-state index contributed by atoms with van der Waals surface area (Å²) in [6.45, 7) is 4.77. The van der Waals surface area contributed by atoms with Gasteiger partial charge in [0, 0.05) is 30.5 Å². The van der Waals surface area contributed by atoms with Crippen LogP contribution in [-0.2, 0) is 9.53 Å². The first-order valence-electron chi connectivity index (χ1n) is 10.7. The number of ether oxygens (including phenoxy) is 3. The van der Waals surface area contributed by atoms with E-state index in [4.69, 9.17) is 14.2 Å². The first-order chi connectivity index (χ1) is 16.1. The normalized spacial score (nSPS) is 13.3. The largest absolute Gasteiger partial charge is 0.493 e. The summed E-state index contributed by atoms with van der Waals surface area (Å²) < 4.78 is 16.2. The molecule has 0 bridgehead atoms. The number of hydrogen-bond donors (Lipinski definition) is 2. The first kappa shape index (κ1) is 22.3. The van der Waals surface area contributed by atoms with Gasteiger partial charge in [-0.2, -0.15) is 0 Å². The number of benzene rings is 2. The molecule has 2 heterocycles. The van der Waals surface area contributed by atoms with E-state index < -0.39 is 0 Å². The van der Waals surface area contributed by atoms with E-state index in [0.717, 1.165) is 24.6 Å². The Morgan fingerprint density at radius 2 is 1.73 bits per heavy atom. The summed E-state index contributed by atoms with van der Waals surface area (Å²) in [5, 5.41) is 6.13. The van der Waals surface area contributed by atoms with Crippen LogP contribution in [0.1, 0.15) is 5.82 Å². The van der Waals surface area contributed by atoms with Crippen molar-refractivity contribution >= 4 is 28.9 Å². The van der Waals surface area contributed by atoms with Gasteiger partial charge in [-0.15, -0.1) is 0 Å². The second kappa shape index (κ2) is 10.6. The molecule has 1 saturated heterocycles. The van der Waals surface area contributed by atoms with Gasteiger partial charge in [0.1, 0.15) is 17.5 Å². The molecule has 2 aromatic carbocycles. The molecule has 0 spiro atoms. The Balaban J connectivity index is 1.33. The Morgan fingerprint density at radius 3 is 2.45 bits per heavy atom. The van der Waals surface area contributed by atoms with E-state index in [1.807, 2.05) is 49.4 Å². The van der Waals surface area contributed by atoms with Gasteiger partial charge in [-0.3, -0.25) is 4.79 Å². The predicted molar refractivity (Wildman–Crippen MR) is 127 cm³/mol. The molecule has 1 aliphatic heterocycles. The van der Waals surface area contributed by atoms with Crippen LogP contribution in [0.15, 0.2) is 54.6 Å². The molecule has 2 N–H and O–H groups in total. The van der Waals surface area contributed by atoms with E-state index in [1.165, 1.54) is 0 Å². The summed E-state index contributed by atoms with van der Waals surface area (Å²) in [7, 11) is 1.56. The molecule has 1 amide bonds. The zero-order chi connectivity index (χ0) is 23.0. The van der Waals surface area contributed by atoms with Crippen molar-refractivity contribution in [1.29, 1.82) is 0 Å². The number of morpholine rings is 1. The van der Waals surface area contributed by atoms with E-state index in [2.05, 4.69) is 25.5 Å². The number of anilines is 4. The lowest BCUT2D eigenvalue weighted by atomic mass is 10.2. The number of nitrogens with one attached hydrogen (secondary N) is 2. The van der Waals surface area contributed by atoms with E-state index in [-0.39, 0.29) is 12.5 Å². The minimum Gasteiger partial charge on any atom is -0.493 e. The summed E-state index contributed by atoms with van der Waals surface area (Å²) >= 11 is 0. The lowest BCUT2D eigenvalue weighted by Crippen LogP contribution is -2.36. The summed E-state index contributed by atoms with van der Waals surface area (Å²) in [6.07, 6.45) is 0. The Bertz CT molecular complexity index is 1080. The van der Waals surface area contributed by atoms with Crippen molar-refractivity contribution in [2.24, 2.45) is 0 Å². The molecular formula is C24H27N5O4. The summed E-state index contributed by atoms with van der Waals surface area (Å²) in [5.41, 5.74) is 1.52. The fourth-order valence-corrected chi connectivity index (χ4v) is 3.43. The highest BCUT2D eigenvalue weighted by Crippen LogP contribution is 2.26. The molecule has 0 unspecified atom stereocenters. The number of nitrogens with zero attached hydrogens (tertiary/aromatic N) is 3. The van der Waals surface area contributed by atoms with Crippen LogP contribution in [-0.4, -0.2) is 55.9 Å². The van der Waals surface area contributed by atoms with Crippen molar-refractivity contribution in [1.82, 2.24) is 9.97 Å². The van der Waals surface area contributed by atoms with Crippen molar-refractivity contribution in [3.8, 4) is 11.5 Å². The van der Waals surface area contributed by atoms with Crippen molar-refractivity contribution in [3.63, 3.8) is 0 Å². The molecule has 9 nitrogen and oxygen atoms in total. The maximum atomic E-state index is 12.3. The lowest BCUT2D eigenvalue weighted by Gasteiger charge is -2.28. The van der Waals surface area contributed by atoms with Crippen LogP contribution in [0, 0.1) is 6.92 Å². The molecule has 9 heteroatoms. The molecule has 172 valence electrons. The smallest absolute Gasteiger partial charge is 0.262 e. The molecule has 1 aromatic heterocycles. The van der Waals surface area contributed by atoms with Crippen LogP contribution in [0.2, 0.25) is 0 Å². The maximum Gasteiger partial charge on any atom is 0.262 e. The average Bonchev–Trinajstić information content (AvgIpc) is 2.84.